The SMILES string of the molecule is CCNC(=O)Oc1ccc2c(c1C(C)C)CCC1C(C)(C)CCC[C@]21C. The zero-order chi connectivity index (χ0) is 19.1. The summed E-state index contributed by atoms with van der Waals surface area (Å²) in [6.07, 6.45) is 5.88. The molecular formula is C23H35NO2. The summed E-state index contributed by atoms with van der Waals surface area (Å²) < 4.78 is 5.67. The summed E-state index contributed by atoms with van der Waals surface area (Å²) in [6.45, 7) is 14.3. The van der Waals surface area contributed by atoms with Crippen molar-refractivity contribution in [3.8, 4) is 5.75 Å². The van der Waals surface area contributed by atoms with E-state index in [-0.39, 0.29) is 11.5 Å². The van der Waals surface area contributed by atoms with Gasteiger partial charge in [-0.3, -0.25) is 0 Å². The fourth-order valence-electron chi connectivity index (χ4n) is 5.89. The largest absolute Gasteiger partial charge is 0.412 e. The minimum atomic E-state index is -0.354. The van der Waals surface area contributed by atoms with E-state index in [9.17, 15) is 4.79 Å². The first-order valence-electron chi connectivity index (χ1n) is 10.3. The standard InChI is InChI=1S/C23H35NO2/c1-7-24-21(25)26-18-11-10-17-16(20(18)15(2)3)9-12-19-22(4,5)13-8-14-23(17,19)6/h10-11,15,19H,7-9,12-14H2,1-6H3,(H,24,25)/t19?,23-/m1/s1. The highest BCUT2D eigenvalue weighted by atomic mass is 16.6. The summed E-state index contributed by atoms with van der Waals surface area (Å²) >= 11 is 0. The van der Waals surface area contributed by atoms with E-state index >= 15 is 0 Å². The Kier molecular flexibility index (Phi) is 5.11. The summed E-state index contributed by atoms with van der Waals surface area (Å²) in [5.41, 5.74) is 4.82. The van der Waals surface area contributed by atoms with Crippen molar-refractivity contribution in [1.82, 2.24) is 5.32 Å². The third kappa shape index (κ3) is 3.14. The van der Waals surface area contributed by atoms with Crippen molar-refractivity contribution < 1.29 is 9.53 Å². The van der Waals surface area contributed by atoms with Crippen LogP contribution in [0.1, 0.15) is 89.8 Å². The minimum Gasteiger partial charge on any atom is -0.410 e. The summed E-state index contributed by atoms with van der Waals surface area (Å²) in [6, 6.07) is 4.29. The first kappa shape index (κ1) is 19.3. The van der Waals surface area contributed by atoms with Crippen molar-refractivity contribution in [2.75, 3.05) is 6.54 Å². The number of carbonyl (C=O) groups is 1. The molecule has 1 N–H and O–H groups in total. The Balaban J connectivity index is 2.07. The second kappa shape index (κ2) is 6.90. The van der Waals surface area contributed by atoms with Crippen LogP contribution in [0.5, 0.6) is 5.75 Å². The van der Waals surface area contributed by atoms with Crippen LogP contribution in [0, 0.1) is 11.3 Å². The highest BCUT2D eigenvalue weighted by molar-refractivity contribution is 5.71. The van der Waals surface area contributed by atoms with E-state index in [2.05, 4.69) is 46.0 Å². The molecule has 2 atom stereocenters. The Bertz CT molecular complexity index is 692. The van der Waals surface area contributed by atoms with E-state index in [1.807, 2.05) is 13.0 Å². The number of benzene rings is 1. The van der Waals surface area contributed by atoms with Crippen LogP contribution >= 0.6 is 0 Å². The van der Waals surface area contributed by atoms with Gasteiger partial charge in [-0.1, -0.05) is 47.1 Å². The van der Waals surface area contributed by atoms with Gasteiger partial charge in [-0.15, -0.1) is 0 Å². The zero-order valence-corrected chi connectivity index (χ0v) is 17.4. The molecule has 2 aliphatic carbocycles. The second-order valence-electron chi connectivity index (χ2n) is 9.43. The van der Waals surface area contributed by atoms with Gasteiger partial charge in [0.2, 0.25) is 0 Å². The van der Waals surface area contributed by atoms with E-state index in [1.54, 1.807) is 0 Å². The van der Waals surface area contributed by atoms with Gasteiger partial charge in [-0.25, -0.2) is 4.79 Å². The molecule has 3 heteroatoms. The first-order valence-corrected chi connectivity index (χ1v) is 10.3. The van der Waals surface area contributed by atoms with Crippen LogP contribution in [0.4, 0.5) is 4.79 Å². The van der Waals surface area contributed by atoms with E-state index in [1.165, 1.54) is 42.4 Å². The smallest absolute Gasteiger partial charge is 0.410 e. The fraction of sp³-hybridized carbons (Fsp3) is 0.696. The zero-order valence-electron chi connectivity index (χ0n) is 17.4. The minimum absolute atomic E-state index is 0.239. The lowest BCUT2D eigenvalue weighted by molar-refractivity contribution is 0.0404. The highest BCUT2D eigenvalue weighted by Crippen LogP contribution is 2.58. The number of hydrogen-bond donors (Lipinski definition) is 1. The number of ether oxygens (including phenoxy) is 1. The van der Waals surface area contributed by atoms with Crippen LogP contribution in [-0.2, 0) is 11.8 Å². The predicted octanol–water partition coefficient (Wildman–Crippen LogP) is 5.95. The maximum atomic E-state index is 12.0. The van der Waals surface area contributed by atoms with Gasteiger partial charge in [0.15, 0.2) is 0 Å². The van der Waals surface area contributed by atoms with Gasteiger partial charge in [0, 0.05) is 12.1 Å². The van der Waals surface area contributed by atoms with Crippen LogP contribution in [0.25, 0.3) is 0 Å². The Morgan fingerprint density at radius 2 is 2.00 bits per heavy atom. The third-order valence-electron chi connectivity index (χ3n) is 6.95. The van der Waals surface area contributed by atoms with Gasteiger partial charge in [-0.05, 0) is 72.5 Å². The molecule has 26 heavy (non-hydrogen) atoms. The molecule has 3 nitrogen and oxygen atoms in total. The van der Waals surface area contributed by atoms with Crippen LogP contribution in [-0.4, -0.2) is 12.6 Å². The molecule has 0 aromatic heterocycles. The van der Waals surface area contributed by atoms with Crippen LogP contribution in [0.3, 0.4) is 0 Å². The summed E-state index contributed by atoms with van der Waals surface area (Å²) in [5, 5.41) is 2.74. The number of fused-ring (bicyclic) bond motifs is 3. The van der Waals surface area contributed by atoms with Gasteiger partial charge in [-0.2, -0.15) is 0 Å². The van der Waals surface area contributed by atoms with Gasteiger partial charge >= 0.3 is 6.09 Å². The third-order valence-corrected chi connectivity index (χ3v) is 6.95. The molecule has 1 unspecified atom stereocenters. The Hall–Kier alpha value is -1.51. The average Bonchev–Trinajstić information content (AvgIpc) is 2.53. The van der Waals surface area contributed by atoms with Crippen molar-refractivity contribution in [2.45, 2.75) is 85.0 Å². The lowest BCUT2D eigenvalue weighted by Gasteiger charge is -2.54. The molecule has 1 amide bonds. The normalized spacial score (nSPS) is 26.8. The Labute approximate surface area is 158 Å². The van der Waals surface area contributed by atoms with E-state index in [0.717, 1.165) is 18.1 Å². The quantitative estimate of drug-likeness (QED) is 0.726. The molecule has 0 heterocycles. The number of amides is 1. The lowest BCUT2D eigenvalue weighted by Crippen LogP contribution is -2.48. The summed E-state index contributed by atoms with van der Waals surface area (Å²) in [5.74, 6) is 1.80. The lowest BCUT2D eigenvalue weighted by atomic mass is 9.50. The molecule has 2 aliphatic rings. The molecule has 1 aromatic carbocycles. The molecule has 1 fully saturated rings. The van der Waals surface area contributed by atoms with Gasteiger partial charge in [0.05, 0.1) is 0 Å². The maximum Gasteiger partial charge on any atom is 0.412 e. The molecule has 3 rings (SSSR count). The molecule has 0 radical (unpaired) electrons. The predicted molar refractivity (Wildman–Crippen MR) is 107 cm³/mol. The van der Waals surface area contributed by atoms with E-state index in [0.29, 0.717) is 17.9 Å². The molecule has 0 spiro atoms. The number of hydrogen-bond acceptors (Lipinski definition) is 2. The van der Waals surface area contributed by atoms with Crippen molar-refractivity contribution >= 4 is 6.09 Å². The molecule has 144 valence electrons. The fourth-order valence-corrected chi connectivity index (χ4v) is 5.89. The van der Waals surface area contributed by atoms with Crippen LogP contribution < -0.4 is 10.1 Å². The molecule has 1 saturated carbocycles. The van der Waals surface area contributed by atoms with E-state index in [4.69, 9.17) is 4.74 Å². The molecule has 0 saturated heterocycles. The Morgan fingerprint density at radius 1 is 1.27 bits per heavy atom. The number of carbonyl (C=O) groups excluding carboxylic acids is 1. The first-order chi connectivity index (χ1) is 12.2. The summed E-state index contributed by atoms with van der Waals surface area (Å²) in [7, 11) is 0. The van der Waals surface area contributed by atoms with Crippen LogP contribution in [0.15, 0.2) is 12.1 Å². The number of nitrogens with one attached hydrogen (secondary N) is 1. The molecule has 1 aromatic rings. The average molecular weight is 358 g/mol. The highest BCUT2D eigenvalue weighted by Gasteiger charge is 2.50. The molecule has 0 aliphatic heterocycles. The monoisotopic (exact) mass is 357 g/mol. The molecule has 0 bridgehead atoms. The van der Waals surface area contributed by atoms with Crippen molar-refractivity contribution in [3.05, 3.63) is 28.8 Å². The molecular weight excluding hydrogens is 322 g/mol. The van der Waals surface area contributed by atoms with Gasteiger partial charge in [0.25, 0.3) is 0 Å². The van der Waals surface area contributed by atoms with Crippen LogP contribution in [0.2, 0.25) is 0 Å². The van der Waals surface area contributed by atoms with Gasteiger partial charge < -0.3 is 10.1 Å². The van der Waals surface area contributed by atoms with Crippen molar-refractivity contribution in [1.29, 1.82) is 0 Å². The Morgan fingerprint density at radius 3 is 2.65 bits per heavy atom. The van der Waals surface area contributed by atoms with E-state index < -0.39 is 0 Å². The van der Waals surface area contributed by atoms with Crippen molar-refractivity contribution in [3.63, 3.8) is 0 Å². The second-order valence-corrected chi connectivity index (χ2v) is 9.43. The topological polar surface area (TPSA) is 38.3 Å². The van der Waals surface area contributed by atoms with Gasteiger partial charge in [0.1, 0.15) is 5.75 Å². The number of rotatable bonds is 3. The maximum absolute atomic E-state index is 12.0. The summed E-state index contributed by atoms with van der Waals surface area (Å²) in [4.78, 5) is 12.0. The van der Waals surface area contributed by atoms with Crippen molar-refractivity contribution in [2.24, 2.45) is 11.3 Å².